The molecule has 7 heteroatoms. The molecule has 1 aliphatic heterocycles. The van der Waals surface area contributed by atoms with Crippen LogP contribution in [0.15, 0.2) is 84.9 Å². The van der Waals surface area contributed by atoms with E-state index in [2.05, 4.69) is 0 Å². The molecule has 1 heterocycles. The van der Waals surface area contributed by atoms with Crippen LogP contribution < -0.4 is 9.20 Å². The van der Waals surface area contributed by atoms with Crippen LogP contribution in [0.4, 0.5) is 0 Å². The van der Waals surface area contributed by atoms with Gasteiger partial charge in [0.1, 0.15) is 0 Å². The zero-order valence-corrected chi connectivity index (χ0v) is 20.0. The Morgan fingerprint density at radius 2 is 1.69 bits per heavy atom. The Hall–Kier alpha value is -2.70. The molecule has 3 aromatic carbocycles. The number of nitrogens with zero attached hydrogens (tertiary/aromatic N) is 1. The maximum atomic E-state index is 13.9. The standard InChI is InChI=1S/C25H23NO4SSe/c1-29-19-14-12-18(13-15-19)22(27)23(32-20-10-6-3-7-11-20)24(28)26-21(16-30-25(26)31)17-8-4-2-5-9-17/h2-15,21-23,27H,16H2,1H3/t21-,22-,23+/m0/s1. The predicted octanol–water partition coefficient (Wildman–Crippen LogP) is 3.43. The molecular formula is C25H23NO4SSe. The quantitative estimate of drug-likeness (QED) is 0.389. The Labute approximate surface area is 199 Å². The van der Waals surface area contributed by atoms with Crippen LogP contribution in [0.2, 0.25) is 4.82 Å². The van der Waals surface area contributed by atoms with E-state index in [1.165, 1.54) is 4.90 Å². The molecule has 1 aliphatic rings. The molecule has 32 heavy (non-hydrogen) atoms. The summed E-state index contributed by atoms with van der Waals surface area (Å²) in [7, 11) is 1.59. The van der Waals surface area contributed by atoms with Crippen molar-refractivity contribution in [1.29, 1.82) is 0 Å². The van der Waals surface area contributed by atoms with Gasteiger partial charge in [0.25, 0.3) is 0 Å². The van der Waals surface area contributed by atoms with Crippen molar-refractivity contribution >= 4 is 42.7 Å². The van der Waals surface area contributed by atoms with E-state index in [0.29, 0.717) is 17.9 Å². The number of thiocarbonyl (C=S) groups is 1. The maximum absolute atomic E-state index is 13.9. The van der Waals surface area contributed by atoms with Crippen molar-refractivity contribution in [3.05, 3.63) is 96.1 Å². The summed E-state index contributed by atoms with van der Waals surface area (Å²) in [6.07, 6.45) is -0.992. The van der Waals surface area contributed by atoms with Crippen molar-refractivity contribution in [2.45, 2.75) is 17.0 Å². The number of methoxy groups -OCH3 is 1. The fraction of sp³-hybridized carbons (Fsp3) is 0.200. The number of rotatable bonds is 7. The summed E-state index contributed by atoms with van der Waals surface area (Å²) < 4.78 is 11.9. The van der Waals surface area contributed by atoms with Crippen LogP contribution in [0.5, 0.6) is 5.75 Å². The van der Waals surface area contributed by atoms with Gasteiger partial charge in [-0.2, -0.15) is 0 Å². The van der Waals surface area contributed by atoms with Crippen LogP contribution in [0.25, 0.3) is 0 Å². The van der Waals surface area contributed by atoms with Crippen molar-refractivity contribution in [3.63, 3.8) is 0 Å². The molecule has 0 radical (unpaired) electrons. The number of carbonyl (C=O) groups is 1. The van der Waals surface area contributed by atoms with Gasteiger partial charge in [-0.1, -0.05) is 0 Å². The van der Waals surface area contributed by atoms with Gasteiger partial charge in [0.05, 0.1) is 0 Å². The normalized spacial score (nSPS) is 17.5. The molecule has 164 valence electrons. The first kappa shape index (κ1) is 22.5. The average molecular weight is 512 g/mol. The third-order valence-electron chi connectivity index (χ3n) is 5.29. The molecule has 1 N–H and O–H groups in total. The number of carbonyl (C=O) groups excluding carboxylic acids is 1. The fourth-order valence-electron chi connectivity index (χ4n) is 3.59. The molecule has 1 saturated heterocycles. The topological polar surface area (TPSA) is 59.0 Å². The van der Waals surface area contributed by atoms with E-state index in [0.717, 1.165) is 10.0 Å². The number of amides is 1. The van der Waals surface area contributed by atoms with Crippen molar-refractivity contribution in [3.8, 4) is 5.75 Å². The van der Waals surface area contributed by atoms with E-state index in [9.17, 15) is 9.90 Å². The van der Waals surface area contributed by atoms with Gasteiger partial charge in [-0.15, -0.1) is 0 Å². The van der Waals surface area contributed by atoms with Crippen LogP contribution in [-0.4, -0.2) is 49.8 Å². The van der Waals surface area contributed by atoms with Gasteiger partial charge in [-0.25, -0.2) is 0 Å². The minimum atomic E-state index is -0.992. The molecule has 0 aliphatic carbocycles. The average Bonchev–Trinajstić information content (AvgIpc) is 3.24. The van der Waals surface area contributed by atoms with E-state index in [1.807, 2.05) is 60.7 Å². The number of benzene rings is 3. The van der Waals surface area contributed by atoms with Gasteiger partial charge in [-0.05, 0) is 0 Å². The zero-order chi connectivity index (χ0) is 22.5. The number of ether oxygens (including phenoxy) is 2. The Morgan fingerprint density at radius 1 is 1.06 bits per heavy atom. The molecule has 3 aromatic rings. The van der Waals surface area contributed by atoms with Crippen LogP contribution in [0, 0.1) is 0 Å². The molecule has 1 fully saturated rings. The fourth-order valence-corrected chi connectivity index (χ4v) is 6.20. The van der Waals surface area contributed by atoms with Gasteiger partial charge in [0.15, 0.2) is 0 Å². The van der Waals surface area contributed by atoms with Crippen molar-refractivity contribution in [2.75, 3.05) is 13.7 Å². The van der Waals surface area contributed by atoms with E-state index in [4.69, 9.17) is 21.7 Å². The molecule has 0 bridgehead atoms. The molecular weight excluding hydrogens is 489 g/mol. The van der Waals surface area contributed by atoms with Crippen LogP contribution in [0.3, 0.4) is 0 Å². The van der Waals surface area contributed by atoms with Crippen molar-refractivity contribution in [2.24, 2.45) is 0 Å². The Kier molecular flexibility index (Phi) is 7.22. The molecule has 1 amide bonds. The summed E-state index contributed by atoms with van der Waals surface area (Å²) in [6.45, 7) is 0.304. The molecule has 0 unspecified atom stereocenters. The van der Waals surface area contributed by atoms with Crippen molar-refractivity contribution in [1.82, 2.24) is 4.90 Å². The monoisotopic (exact) mass is 513 g/mol. The second-order valence-corrected chi connectivity index (χ2v) is 10.2. The van der Waals surface area contributed by atoms with Gasteiger partial charge in [-0.3, -0.25) is 0 Å². The zero-order valence-electron chi connectivity index (χ0n) is 17.5. The second kappa shape index (κ2) is 10.3. The summed E-state index contributed by atoms with van der Waals surface area (Å²) in [5, 5.41) is 11.5. The van der Waals surface area contributed by atoms with Crippen molar-refractivity contribution < 1.29 is 19.4 Å². The molecule has 0 saturated carbocycles. The first-order chi connectivity index (χ1) is 15.6. The number of aliphatic hydroxyl groups is 1. The van der Waals surface area contributed by atoms with E-state index in [-0.39, 0.29) is 32.1 Å². The molecule has 5 nitrogen and oxygen atoms in total. The minimum absolute atomic E-state index is 0.152. The van der Waals surface area contributed by atoms with Crippen LogP contribution >= 0.6 is 12.2 Å². The summed E-state index contributed by atoms with van der Waals surface area (Å²) >= 11 is 5.07. The van der Waals surface area contributed by atoms with E-state index >= 15 is 0 Å². The summed E-state index contributed by atoms with van der Waals surface area (Å²) in [5.41, 5.74) is 1.61. The Morgan fingerprint density at radius 3 is 2.31 bits per heavy atom. The molecule has 3 atom stereocenters. The van der Waals surface area contributed by atoms with Crippen LogP contribution in [-0.2, 0) is 9.53 Å². The summed E-state index contributed by atoms with van der Waals surface area (Å²) in [5.74, 6) is 0.462. The number of aliphatic hydroxyl groups excluding tert-OH is 1. The Balaban J connectivity index is 1.67. The molecule has 4 rings (SSSR count). The predicted molar refractivity (Wildman–Crippen MR) is 128 cm³/mol. The SMILES string of the molecule is COc1ccc([C@H](O)[C@@H]([Se]c2ccccc2)C(=O)N2C(=S)OC[C@H]2c2ccccc2)cc1. The third-order valence-corrected chi connectivity index (χ3v) is 8.24. The summed E-state index contributed by atoms with van der Waals surface area (Å²) in [6, 6.07) is 26.3. The molecule has 0 aromatic heterocycles. The number of hydrogen-bond donors (Lipinski definition) is 1. The van der Waals surface area contributed by atoms with Gasteiger partial charge < -0.3 is 0 Å². The van der Waals surface area contributed by atoms with Gasteiger partial charge in [0.2, 0.25) is 0 Å². The second-order valence-electron chi connectivity index (χ2n) is 7.28. The first-order valence-electron chi connectivity index (χ1n) is 10.2. The van der Waals surface area contributed by atoms with Crippen LogP contribution in [0.1, 0.15) is 23.3 Å². The summed E-state index contributed by atoms with van der Waals surface area (Å²) in [4.78, 5) is 14.7. The van der Waals surface area contributed by atoms with Gasteiger partial charge >= 0.3 is 199 Å². The first-order valence-corrected chi connectivity index (χ1v) is 12.4. The number of hydrogen-bond acceptors (Lipinski definition) is 5. The van der Waals surface area contributed by atoms with E-state index in [1.54, 1.807) is 31.4 Å². The molecule has 0 spiro atoms. The Bertz CT molecular complexity index is 1060. The third kappa shape index (κ3) is 4.86. The van der Waals surface area contributed by atoms with E-state index < -0.39 is 10.9 Å². The van der Waals surface area contributed by atoms with Gasteiger partial charge in [0, 0.05) is 0 Å².